The highest BCUT2D eigenvalue weighted by molar-refractivity contribution is 9.11. The van der Waals surface area contributed by atoms with E-state index in [4.69, 9.17) is 0 Å². The molecule has 1 N–H and O–H groups in total. The lowest BCUT2D eigenvalue weighted by molar-refractivity contribution is -0.141. The Kier molecular flexibility index (Phi) is 3.99. The van der Waals surface area contributed by atoms with Crippen molar-refractivity contribution in [3.05, 3.63) is 37.4 Å². The first-order chi connectivity index (χ1) is 8.70. The van der Waals surface area contributed by atoms with Gasteiger partial charge in [0, 0.05) is 6.20 Å². The minimum atomic E-state index is -4.53. The summed E-state index contributed by atoms with van der Waals surface area (Å²) in [6, 6.07) is 2.92. The van der Waals surface area contributed by atoms with Crippen LogP contribution in [0.3, 0.4) is 0 Å². The van der Waals surface area contributed by atoms with Gasteiger partial charge >= 0.3 is 6.18 Å². The molecule has 0 aliphatic carbocycles. The van der Waals surface area contributed by atoms with E-state index in [1.54, 1.807) is 0 Å². The quantitative estimate of drug-likeness (QED) is 0.653. The van der Waals surface area contributed by atoms with Gasteiger partial charge in [-0.05, 0) is 59.9 Å². The molecule has 0 fully saturated rings. The first kappa shape index (κ1) is 14.9. The maximum Gasteiger partial charge on any atom is 0.436 e. The number of phenols is 1. The number of aromatic hydroxyl groups is 1. The molecule has 0 unspecified atom stereocenters. The molecule has 1 aromatic carbocycles. The maximum absolute atomic E-state index is 12.6. The van der Waals surface area contributed by atoms with Gasteiger partial charge in [0.25, 0.3) is 0 Å². The van der Waals surface area contributed by atoms with Gasteiger partial charge in [-0.2, -0.15) is 18.3 Å². The lowest BCUT2D eigenvalue weighted by atomic mass is 10.3. The van der Waals surface area contributed by atoms with E-state index in [0.717, 1.165) is 4.68 Å². The standard InChI is InChI=1S/C10H4Br3F3N2O/c11-5-1-4(2-6(12)8(5)19)18-3-7(13)9(17-18)10(14,15)16/h1-3,19H. The lowest BCUT2D eigenvalue weighted by Gasteiger charge is -2.06. The van der Waals surface area contributed by atoms with E-state index in [9.17, 15) is 18.3 Å². The van der Waals surface area contributed by atoms with E-state index in [1.165, 1.54) is 18.3 Å². The number of aromatic nitrogens is 2. The third-order valence-electron chi connectivity index (χ3n) is 2.20. The molecule has 0 bridgehead atoms. The molecule has 19 heavy (non-hydrogen) atoms. The molecule has 0 atom stereocenters. The van der Waals surface area contributed by atoms with E-state index < -0.39 is 11.9 Å². The summed E-state index contributed by atoms with van der Waals surface area (Å²) in [6.45, 7) is 0. The highest BCUT2D eigenvalue weighted by Crippen LogP contribution is 2.37. The van der Waals surface area contributed by atoms with Crippen LogP contribution in [0.25, 0.3) is 5.69 Å². The zero-order valence-corrected chi connectivity index (χ0v) is 13.6. The van der Waals surface area contributed by atoms with Crippen LogP contribution in [-0.4, -0.2) is 14.9 Å². The van der Waals surface area contributed by atoms with Crippen LogP contribution in [0.4, 0.5) is 13.2 Å². The van der Waals surface area contributed by atoms with Gasteiger partial charge in [0.05, 0.1) is 19.1 Å². The van der Waals surface area contributed by atoms with Crippen LogP contribution < -0.4 is 0 Å². The first-order valence-electron chi connectivity index (χ1n) is 4.71. The predicted octanol–water partition coefficient (Wildman–Crippen LogP) is 4.88. The monoisotopic (exact) mass is 462 g/mol. The number of alkyl halides is 3. The van der Waals surface area contributed by atoms with Gasteiger partial charge in [-0.3, -0.25) is 0 Å². The Labute approximate surface area is 130 Å². The summed E-state index contributed by atoms with van der Waals surface area (Å²) in [5.41, 5.74) is -0.638. The molecule has 0 spiro atoms. The number of phenolic OH excluding ortho intramolecular Hbond substituents is 1. The Morgan fingerprint density at radius 2 is 1.58 bits per heavy atom. The second kappa shape index (κ2) is 5.10. The van der Waals surface area contributed by atoms with Crippen molar-refractivity contribution in [3.8, 4) is 11.4 Å². The zero-order chi connectivity index (χ0) is 14.4. The molecule has 0 aliphatic rings. The number of halogens is 6. The first-order valence-corrected chi connectivity index (χ1v) is 7.09. The SMILES string of the molecule is Oc1c(Br)cc(-n2cc(Br)c(C(F)(F)F)n2)cc1Br. The molecule has 0 saturated heterocycles. The van der Waals surface area contributed by atoms with Crippen LogP contribution in [0.1, 0.15) is 5.69 Å². The molecule has 3 nitrogen and oxygen atoms in total. The molecular weight excluding hydrogens is 461 g/mol. The molecule has 2 aromatic rings. The molecule has 2 rings (SSSR count). The van der Waals surface area contributed by atoms with Gasteiger partial charge in [-0.1, -0.05) is 0 Å². The summed E-state index contributed by atoms with van der Waals surface area (Å²) in [5, 5.41) is 13.0. The fraction of sp³-hybridized carbons (Fsp3) is 0.100. The number of benzene rings is 1. The van der Waals surface area contributed by atoms with Crippen LogP contribution >= 0.6 is 47.8 Å². The fourth-order valence-electron chi connectivity index (χ4n) is 1.36. The summed E-state index contributed by atoms with van der Waals surface area (Å²) < 4.78 is 39.5. The minimum Gasteiger partial charge on any atom is -0.506 e. The van der Waals surface area contributed by atoms with Gasteiger partial charge in [0.2, 0.25) is 0 Å². The average Bonchev–Trinajstić information content (AvgIpc) is 2.67. The molecule has 1 aromatic heterocycles. The van der Waals surface area contributed by atoms with E-state index in [-0.39, 0.29) is 10.2 Å². The Morgan fingerprint density at radius 1 is 1.05 bits per heavy atom. The normalized spacial score (nSPS) is 11.9. The molecule has 0 aliphatic heterocycles. The van der Waals surface area contributed by atoms with Crippen molar-refractivity contribution in [2.45, 2.75) is 6.18 Å². The lowest BCUT2D eigenvalue weighted by Crippen LogP contribution is -2.08. The second-order valence-electron chi connectivity index (χ2n) is 3.53. The number of nitrogens with zero attached hydrogens (tertiary/aromatic N) is 2. The molecule has 9 heteroatoms. The molecule has 1 heterocycles. The second-order valence-corrected chi connectivity index (χ2v) is 6.09. The highest BCUT2D eigenvalue weighted by atomic mass is 79.9. The van der Waals surface area contributed by atoms with Crippen molar-refractivity contribution in [2.75, 3.05) is 0 Å². The Bertz CT molecular complexity index is 616. The van der Waals surface area contributed by atoms with Gasteiger partial charge in [-0.15, -0.1) is 0 Å². The fourth-order valence-corrected chi connectivity index (χ4v) is 3.02. The molecule has 0 amide bonds. The maximum atomic E-state index is 12.6. The number of hydrogen-bond donors (Lipinski definition) is 1. The molecular formula is C10H4Br3F3N2O. The zero-order valence-electron chi connectivity index (χ0n) is 8.84. The van der Waals surface area contributed by atoms with Gasteiger partial charge in [0.15, 0.2) is 5.69 Å². The summed E-state index contributed by atoms with van der Waals surface area (Å²) in [6.07, 6.45) is -3.33. The van der Waals surface area contributed by atoms with E-state index in [2.05, 4.69) is 52.9 Å². The smallest absolute Gasteiger partial charge is 0.436 e. The number of rotatable bonds is 1. The van der Waals surface area contributed by atoms with Gasteiger partial charge in [0.1, 0.15) is 5.75 Å². The largest absolute Gasteiger partial charge is 0.506 e. The van der Waals surface area contributed by atoms with Crippen LogP contribution in [0.15, 0.2) is 31.7 Å². The summed E-state index contributed by atoms with van der Waals surface area (Å²) in [5.74, 6) is -0.0361. The average molecular weight is 465 g/mol. The van der Waals surface area contributed by atoms with Crippen LogP contribution in [-0.2, 0) is 6.18 Å². The summed E-state index contributed by atoms with van der Waals surface area (Å²) in [4.78, 5) is 0. The third kappa shape index (κ3) is 2.97. The van der Waals surface area contributed by atoms with E-state index in [0.29, 0.717) is 14.6 Å². The predicted molar refractivity (Wildman–Crippen MR) is 73.3 cm³/mol. The van der Waals surface area contributed by atoms with Crippen molar-refractivity contribution in [2.24, 2.45) is 0 Å². The summed E-state index contributed by atoms with van der Waals surface area (Å²) in [7, 11) is 0. The Balaban J connectivity index is 2.55. The number of hydrogen-bond acceptors (Lipinski definition) is 2. The summed E-state index contributed by atoms with van der Waals surface area (Å²) >= 11 is 9.03. The van der Waals surface area contributed by atoms with Gasteiger partial charge < -0.3 is 5.11 Å². The molecule has 0 radical (unpaired) electrons. The molecule has 102 valence electrons. The van der Waals surface area contributed by atoms with Crippen LogP contribution in [0.2, 0.25) is 0 Å². The minimum absolute atomic E-state index is 0.0361. The van der Waals surface area contributed by atoms with Gasteiger partial charge in [-0.25, -0.2) is 4.68 Å². The highest BCUT2D eigenvalue weighted by Gasteiger charge is 2.36. The van der Waals surface area contributed by atoms with Crippen molar-refractivity contribution in [1.82, 2.24) is 9.78 Å². The Morgan fingerprint density at radius 3 is 2.00 bits per heavy atom. The van der Waals surface area contributed by atoms with E-state index in [1.807, 2.05) is 0 Å². The Hall–Kier alpha value is -0.540. The molecule has 0 saturated carbocycles. The third-order valence-corrected chi connectivity index (χ3v) is 3.99. The van der Waals surface area contributed by atoms with Crippen LogP contribution in [0, 0.1) is 0 Å². The topological polar surface area (TPSA) is 38.0 Å². The van der Waals surface area contributed by atoms with Crippen molar-refractivity contribution in [3.63, 3.8) is 0 Å². The van der Waals surface area contributed by atoms with E-state index >= 15 is 0 Å². The van der Waals surface area contributed by atoms with Crippen molar-refractivity contribution < 1.29 is 18.3 Å². The van der Waals surface area contributed by atoms with Crippen molar-refractivity contribution in [1.29, 1.82) is 0 Å². The van der Waals surface area contributed by atoms with Crippen molar-refractivity contribution >= 4 is 47.8 Å². The van der Waals surface area contributed by atoms with Crippen LogP contribution in [0.5, 0.6) is 5.75 Å².